The van der Waals surface area contributed by atoms with Crippen molar-refractivity contribution >= 4 is 17.8 Å². The molecule has 0 aliphatic carbocycles. The van der Waals surface area contributed by atoms with Crippen LogP contribution < -0.4 is 15.5 Å². The molecular weight excluding hydrogens is 352 g/mol. The second kappa shape index (κ2) is 8.90. The van der Waals surface area contributed by atoms with E-state index in [0.29, 0.717) is 0 Å². The Balaban J connectivity index is 1.50. The molecule has 0 fully saturated rings. The summed E-state index contributed by atoms with van der Waals surface area (Å²) in [6.07, 6.45) is 5.49. The van der Waals surface area contributed by atoms with Crippen LogP contribution >= 0.6 is 0 Å². The lowest BCUT2D eigenvalue weighted by molar-refractivity contribution is -0.119. The quantitative estimate of drug-likeness (QED) is 0.488. The maximum atomic E-state index is 11.9. The standard InChI is InChI=1S/C22H24N4O2/c1-16-4-5-19(12-17(16)2)23-14-22(27)25-24-13-18-10-11-26(15-18)20-6-8-21(28-3)9-7-20/h4-13,15,23H,14H2,1-3H3,(H,25,27)/b24-13-. The van der Waals surface area contributed by atoms with Gasteiger partial charge in [-0.05, 0) is 67.4 Å². The summed E-state index contributed by atoms with van der Waals surface area (Å²) in [5.74, 6) is 0.610. The van der Waals surface area contributed by atoms with Crippen LogP contribution in [0, 0.1) is 13.8 Å². The third-order valence-corrected chi connectivity index (χ3v) is 4.45. The summed E-state index contributed by atoms with van der Waals surface area (Å²) in [5, 5.41) is 7.12. The van der Waals surface area contributed by atoms with Gasteiger partial charge >= 0.3 is 0 Å². The highest BCUT2D eigenvalue weighted by Crippen LogP contribution is 2.16. The Kier molecular flexibility index (Phi) is 6.11. The molecule has 144 valence electrons. The molecule has 28 heavy (non-hydrogen) atoms. The van der Waals surface area contributed by atoms with Crippen molar-refractivity contribution in [2.45, 2.75) is 13.8 Å². The zero-order chi connectivity index (χ0) is 19.9. The molecule has 6 nitrogen and oxygen atoms in total. The van der Waals surface area contributed by atoms with Crippen molar-refractivity contribution in [1.29, 1.82) is 0 Å². The number of amides is 1. The van der Waals surface area contributed by atoms with Gasteiger partial charge in [0.1, 0.15) is 5.75 Å². The van der Waals surface area contributed by atoms with E-state index in [1.807, 2.05) is 72.4 Å². The molecule has 0 aliphatic heterocycles. The molecule has 0 atom stereocenters. The molecule has 1 amide bonds. The summed E-state index contributed by atoms with van der Waals surface area (Å²) in [5.41, 5.74) is 7.76. The van der Waals surface area contributed by atoms with Crippen molar-refractivity contribution in [2.75, 3.05) is 19.0 Å². The summed E-state index contributed by atoms with van der Waals surface area (Å²) in [6, 6.07) is 15.7. The van der Waals surface area contributed by atoms with E-state index in [2.05, 4.69) is 22.8 Å². The zero-order valence-corrected chi connectivity index (χ0v) is 16.3. The maximum absolute atomic E-state index is 11.9. The van der Waals surface area contributed by atoms with E-state index in [4.69, 9.17) is 4.74 Å². The van der Waals surface area contributed by atoms with Crippen LogP contribution in [0.1, 0.15) is 16.7 Å². The van der Waals surface area contributed by atoms with E-state index >= 15 is 0 Å². The average Bonchev–Trinajstić information content (AvgIpc) is 3.18. The molecule has 0 bridgehead atoms. The topological polar surface area (TPSA) is 67.6 Å². The molecule has 0 spiro atoms. The number of aromatic nitrogens is 1. The van der Waals surface area contributed by atoms with Crippen LogP contribution in [0.5, 0.6) is 5.75 Å². The molecule has 0 aliphatic rings. The van der Waals surface area contributed by atoms with Crippen LogP contribution in [-0.4, -0.2) is 30.3 Å². The number of hydrogen-bond acceptors (Lipinski definition) is 4. The van der Waals surface area contributed by atoms with Crippen molar-refractivity contribution in [3.05, 3.63) is 77.6 Å². The van der Waals surface area contributed by atoms with E-state index < -0.39 is 0 Å². The first kappa shape index (κ1) is 19.2. The number of hydrogen-bond donors (Lipinski definition) is 2. The van der Waals surface area contributed by atoms with Crippen LogP contribution in [-0.2, 0) is 4.79 Å². The zero-order valence-electron chi connectivity index (χ0n) is 16.3. The van der Waals surface area contributed by atoms with Gasteiger partial charge in [0.05, 0.1) is 19.9 Å². The average molecular weight is 376 g/mol. The molecule has 3 rings (SSSR count). The van der Waals surface area contributed by atoms with Gasteiger partial charge in [0, 0.05) is 29.3 Å². The molecule has 3 aromatic rings. The predicted molar refractivity (Wildman–Crippen MR) is 112 cm³/mol. The Morgan fingerprint density at radius 3 is 2.61 bits per heavy atom. The summed E-state index contributed by atoms with van der Waals surface area (Å²) in [4.78, 5) is 11.9. The Morgan fingerprint density at radius 2 is 1.89 bits per heavy atom. The Labute approximate surface area is 164 Å². The lowest BCUT2D eigenvalue weighted by Crippen LogP contribution is -2.25. The molecular formula is C22H24N4O2. The van der Waals surface area contributed by atoms with E-state index in [1.165, 1.54) is 11.1 Å². The highest BCUT2D eigenvalue weighted by molar-refractivity contribution is 5.84. The summed E-state index contributed by atoms with van der Waals surface area (Å²) < 4.78 is 7.15. The minimum Gasteiger partial charge on any atom is -0.497 e. The van der Waals surface area contributed by atoms with E-state index in [-0.39, 0.29) is 12.5 Å². The fourth-order valence-electron chi connectivity index (χ4n) is 2.66. The fraction of sp³-hybridized carbons (Fsp3) is 0.182. The van der Waals surface area contributed by atoms with E-state index in [1.54, 1.807) is 13.3 Å². The summed E-state index contributed by atoms with van der Waals surface area (Å²) in [6.45, 7) is 4.26. The number of hydrazone groups is 1. The van der Waals surface area contributed by atoms with Crippen molar-refractivity contribution in [1.82, 2.24) is 9.99 Å². The van der Waals surface area contributed by atoms with Gasteiger partial charge in [-0.15, -0.1) is 0 Å². The largest absolute Gasteiger partial charge is 0.497 e. The molecule has 6 heteroatoms. The molecule has 1 aromatic heterocycles. The molecule has 0 saturated heterocycles. The molecule has 0 saturated carbocycles. The van der Waals surface area contributed by atoms with Gasteiger partial charge in [0.25, 0.3) is 5.91 Å². The van der Waals surface area contributed by atoms with Gasteiger partial charge in [-0.2, -0.15) is 5.10 Å². The number of anilines is 1. The number of methoxy groups -OCH3 is 1. The third kappa shape index (κ3) is 5.01. The Morgan fingerprint density at radius 1 is 1.11 bits per heavy atom. The van der Waals surface area contributed by atoms with Crippen LogP contribution in [0.3, 0.4) is 0 Å². The number of aryl methyl sites for hydroxylation is 2. The summed E-state index contributed by atoms with van der Waals surface area (Å²) >= 11 is 0. The number of carbonyl (C=O) groups excluding carboxylic acids is 1. The minimum atomic E-state index is -0.205. The molecule has 2 N–H and O–H groups in total. The SMILES string of the molecule is COc1ccc(-n2ccc(/C=N\NC(=O)CNc3ccc(C)c(C)c3)c2)cc1. The van der Waals surface area contributed by atoms with Crippen LogP contribution in [0.25, 0.3) is 5.69 Å². The number of ether oxygens (including phenoxy) is 1. The third-order valence-electron chi connectivity index (χ3n) is 4.45. The fourth-order valence-corrected chi connectivity index (χ4v) is 2.66. The van der Waals surface area contributed by atoms with Gasteiger partial charge < -0.3 is 14.6 Å². The molecule has 1 heterocycles. The Bertz CT molecular complexity index is 974. The van der Waals surface area contributed by atoms with E-state index in [0.717, 1.165) is 22.7 Å². The van der Waals surface area contributed by atoms with Crippen molar-refractivity contribution < 1.29 is 9.53 Å². The van der Waals surface area contributed by atoms with Crippen LogP contribution in [0.15, 0.2) is 66.0 Å². The number of carbonyl (C=O) groups is 1. The molecule has 2 aromatic carbocycles. The molecule has 0 unspecified atom stereocenters. The predicted octanol–water partition coefficient (Wildman–Crippen LogP) is 3.66. The van der Waals surface area contributed by atoms with Crippen LogP contribution in [0.4, 0.5) is 5.69 Å². The van der Waals surface area contributed by atoms with Gasteiger partial charge in [-0.25, -0.2) is 5.43 Å². The monoisotopic (exact) mass is 376 g/mol. The lowest BCUT2D eigenvalue weighted by Gasteiger charge is -2.07. The van der Waals surface area contributed by atoms with Crippen molar-refractivity contribution in [3.63, 3.8) is 0 Å². The van der Waals surface area contributed by atoms with Gasteiger partial charge in [-0.3, -0.25) is 4.79 Å². The first-order valence-electron chi connectivity index (χ1n) is 9.00. The smallest absolute Gasteiger partial charge is 0.259 e. The highest BCUT2D eigenvalue weighted by Gasteiger charge is 2.02. The lowest BCUT2D eigenvalue weighted by atomic mass is 10.1. The van der Waals surface area contributed by atoms with Gasteiger partial charge in [0.15, 0.2) is 0 Å². The number of nitrogens with zero attached hydrogens (tertiary/aromatic N) is 2. The van der Waals surface area contributed by atoms with Gasteiger partial charge in [0.2, 0.25) is 0 Å². The minimum absolute atomic E-state index is 0.159. The van der Waals surface area contributed by atoms with Crippen LogP contribution in [0.2, 0.25) is 0 Å². The first-order chi connectivity index (χ1) is 13.5. The second-order valence-corrected chi connectivity index (χ2v) is 6.50. The number of nitrogens with one attached hydrogen (secondary N) is 2. The first-order valence-corrected chi connectivity index (χ1v) is 9.00. The van der Waals surface area contributed by atoms with E-state index in [9.17, 15) is 4.79 Å². The van der Waals surface area contributed by atoms with Crippen molar-refractivity contribution in [2.24, 2.45) is 5.10 Å². The maximum Gasteiger partial charge on any atom is 0.259 e. The second-order valence-electron chi connectivity index (χ2n) is 6.50. The number of rotatable bonds is 7. The molecule has 0 radical (unpaired) electrons. The Hall–Kier alpha value is -3.54. The van der Waals surface area contributed by atoms with Gasteiger partial charge in [-0.1, -0.05) is 6.07 Å². The summed E-state index contributed by atoms with van der Waals surface area (Å²) in [7, 11) is 1.64. The normalized spacial score (nSPS) is 10.8. The van der Waals surface area contributed by atoms with Crippen molar-refractivity contribution in [3.8, 4) is 11.4 Å². The number of benzene rings is 2. The highest BCUT2D eigenvalue weighted by atomic mass is 16.5.